The lowest BCUT2D eigenvalue weighted by Crippen LogP contribution is -2.48. The molecule has 0 N–H and O–H groups in total. The monoisotopic (exact) mass is 445 g/mol. The lowest BCUT2D eigenvalue weighted by Gasteiger charge is -2.34. The lowest BCUT2D eigenvalue weighted by atomic mass is 10.2. The quantitative estimate of drug-likeness (QED) is 0.724. The molecule has 0 radical (unpaired) electrons. The predicted molar refractivity (Wildman–Crippen MR) is 120 cm³/mol. The highest BCUT2D eigenvalue weighted by molar-refractivity contribution is 7.99. The molecule has 4 rings (SSSR count). The summed E-state index contributed by atoms with van der Waals surface area (Å²) in [4.78, 5) is 17.3. The Morgan fingerprint density at radius 2 is 1.73 bits per heavy atom. The van der Waals surface area contributed by atoms with Gasteiger partial charge in [0.25, 0.3) is 0 Å². The van der Waals surface area contributed by atoms with E-state index >= 15 is 0 Å². The van der Waals surface area contributed by atoms with E-state index in [1.807, 2.05) is 24.3 Å². The Morgan fingerprint density at radius 1 is 1.00 bits per heavy atom. The molecule has 2 aliphatic heterocycles. The fourth-order valence-corrected chi connectivity index (χ4v) is 6.38. The number of fused-ring (bicyclic) bond motifs is 1. The summed E-state index contributed by atoms with van der Waals surface area (Å²) >= 11 is 1.68. The van der Waals surface area contributed by atoms with E-state index < -0.39 is 10.0 Å². The number of hydrogen-bond acceptors (Lipinski definition) is 5. The lowest BCUT2D eigenvalue weighted by molar-refractivity contribution is -0.116. The Balaban J connectivity index is 1.50. The summed E-state index contributed by atoms with van der Waals surface area (Å²) in [7, 11) is -3.59. The highest BCUT2D eigenvalue weighted by Gasteiger charge is 2.30. The number of thioether (sulfide) groups is 1. The van der Waals surface area contributed by atoms with Crippen molar-refractivity contribution < 1.29 is 13.2 Å². The van der Waals surface area contributed by atoms with E-state index in [1.54, 1.807) is 33.1 Å². The van der Waals surface area contributed by atoms with Crippen LogP contribution in [0, 0.1) is 0 Å². The number of sulfonamides is 1. The van der Waals surface area contributed by atoms with Crippen LogP contribution in [0.2, 0.25) is 0 Å². The number of rotatable bonds is 4. The van der Waals surface area contributed by atoms with Crippen LogP contribution in [-0.4, -0.2) is 62.0 Å². The second kappa shape index (κ2) is 9.09. The van der Waals surface area contributed by atoms with Gasteiger partial charge in [0.15, 0.2) is 0 Å². The zero-order valence-electron chi connectivity index (χ0n) is 17.2. The van der Waals surface area contributed by atoms with Gasteiger partial charge in [0.2, 0.25) is 15.9 Å². The van der Waals surface area contributed by atoms with Gasteiger partial charge in [0.05, 0.1) is 10.6 Å². The summed E-state index contributed by atoms with van der Waals surface area (Å²) in [6, 6.07) is 15.4. The number of hydrogen-bond donors (Lipinski definition) is 0. The fourth-order valence-electron chi connectivity index (χ4n) is 3.96. The van der Waals surface area contributed by atoms with E-state index in [-0.39, 0.29) is 10.8 Å². The zero-order chi connectivity index (χ0) is 21.1. The normalized spacial score (nSPS) is 18.6. The van der Waals surface area contributed by atoms with Crippen molar-refractivity contribution in [1.82, 2.24) is 9.21 Å². The molecule has 1 saturated heterocycles. The molecule has 30 heavy (non-hydrogen) atoms. The summed E-state index contributed by atoms with van der Waals surface area (Å²) in [5, 5.41) is 0. The standard InChI is InChI=1S/C22H27N3O3S2/c1-18(26)25-10-5-15-29-22-9-8-20(16-21(22)25)30(27,28)24-13-11-23(12-14-24)17-19-6-3-2-4-7-19/h2-4,6-9,16H,5,10-15,17H2,1H3. The first-order chi connectivity index (χ1) is 14.4. The Bertz CT molecular complexity index is 1000. The molecule has 0 spiro atoms. The van der Waals surface area contributed by atoms with Crippen LogP contribution in [0.15, 0.2) is 58.3 Å². The van der Waals surface area contributed by atoms with Crippen molar-refractivity contribution in [3.8, 4) is 0 Å². The summed E-state index contributed by atoms with van der Waals surface area (Å²) in [5.41, 5.74) is 1.95. The van der Waals surface area contributed by atoms with Gasteiger partial charge in [0.1, 0.15) is 0 Å². The number of nitrogens with zero attached hydrogens (tertiary/aromatic N) is 3. The molecule has 160 valence electrons. The third-order valence-corrected chi connectivity index (χ3v) is 8.65. The van der Waals surface area contributed by atoms with E-state index in [4.69, 9.17) is 0 Å². The van der Waals surface area contributed by atoms with Crippen molar-refractivity contribution in [3.63, 3.8) is 0 Å². The first kappa shape index (κ1) is 21.4. The fraction of sp³-hybridized carbons (Fsp3) is 0.409. The van der Waals surface area contributed by atoms with Crippen molar-refractivity contribution in [3.05, 3.63) is 54.1 Å². The van der Waals surface area contributed by atoms with Crippen LogP contribution >= 0.6 is 11.8 Å². The van der Waals surface area contributed by atoms with Gasteiger partial charge in [-0.3, -0.25) is 9.69 Å². The van der Waals surface area contributed by atoms with Crippen molar-refractivity contribution in [2.75, 3.05) is 43.4 Å². The Labute approximate surface area is 182 Å². The average molecular weight is 446 g/mol. The first-order valence-electron chi connectivity index (χ1n) is 10.3. The molecule has 0 unspecified atom stereocenters. The molecular weight excluding hydrogens is 418 g/mol. The molecule has 0 bridgehead atoms. The molecule has 2 aromatic rings. The molecule has 6 nitrogen and oxygen atoms in total. The zero-order valence-corrected chi connectivity index (χ0v) is 18.8. The van der Waals surface area contributed by atoms with Gasteiger partial charge in [0, 0.05) is 51.1 Å². The Morgan fingerprint density at radius 3 is 2.43 bits per heavy atom. The van der Waals surface area contributed by atoms with Gasteiger partial charge in [-0.05, 0) is 35.9 Å². The van der Waals surface area contributed by atoms with Gasteiger partial charge in [-0.25, -0.2) is 8.42 Å². The molecule has 2 aliphatic rings. The van der Waals surface area contributed by atoms with E-state index in [2.05, 4.69) is 17.0 Å². The molecule has 0 saturated carbocycles. The van der Waals surface area contributed by atoms with Gasteiger partial charge < -0.3 is 4.90 Å². The predicted octanol–water partition coefficient (Wildman–Crippen LogP) is 3.04. The minimum atomic E-state index is -3.59. The molecule has 0 aromatic heterocycles. The van der Waals surface area contributed by atoms with E-state index in [0.29, 0.717) is 38.4 Å². The van der Waals surface area contributed by atoms with Gasteiger partial charge >= 0.3 is 0 Å². The van der Waals surface area contributed by atoms with Crippen molar-refractivity contribution in [2.45, 2.75) is 29.7 Å². The minimum Gasteiger partial charge on any atom is -0.311 e. The number of piperazine rings is 1. The van der Waals surface area contributed by atoms with Crippen LogP contribution in [0.4, 0.5) is 5.69 Å². The summed E-state index contributed by atoms with van der Waals surface area (Å²) < 4.78 is 28.2. The number of amides is 1. The van der Waals surface area contributed by atoms with Gasteiger partial charge in [-0.15, -0.1) is 11.8 Å². The van der Waals surface area contributed by atoms with Gasteiger partial charge in [-0.2, -0.15) is 4.31 Å². The number of benzene rings is 2. The van der Waals surface area contributed by atoms with Crippen LogP contribution in [0.1, 0.15) is 18.9 Å². The molecule has 8 heteroatoms. The molecule has 2 heterocycles. The first-order valence-corrected chi connectivity index (χ1v) is 12.7. The van der Waals surface area contributed by atoms with Crippen molar-refractivity contribution >= 4 is 33.4 Å². The molecule has 1 fully saturated rings. The maximum atomic E-state index is 13.3. The van der Waals surface area contributed by atoms with Crippen LogP contribution in [0.25, 0.3) is 0 Å². The number of anilines is 1. The topological polar surface area (TPSA) is 60.9 Å². The highest BCUT2D eigenvalue weighted by atomic mass is 32.2. The van der Waals surface area contributed by atoms with Crippen molar-refractivity contribution in [2.24, 2.45) is 0 Å². The smallest absolute Gasteiger partial charge is 0.243 e. The molecular formula is C22H27N3O3S2. The third kappa shape index (κ3) is 4.56. The molecule has 0 atom stereocenters. The van der Waals surface area contributed by atoms with Crippen LogP contribution in [0.5, 0.6) is 0 Å². The van der Waals surface area contributed by atoms with Crippen LogP contribution in [0.3, 0.4) is 0 Å². The minimum absolute atomic E-state index is 0.0529. The largest absolute Gasteiger partial charge is 0.311 e. The van der Waals surface area contributed by atoms with Crippen molar-refractivity contribution in [1.29, 1.82) is 0 Å². The SMILES string of the molecule is CC(=O)N1CCCSc2ccc(S(=O)(=O)N3CCN(Cc4ccccc4)CC3)cc21. The van der Waals surface area contributed by atoms with E-state index in [1.165, 1.54) is 12.5 Å². The maximum absolute atomic E-state index is 13.3. The highest BCUT2D eigenvalue weighted by Crippen LogP contribution is 2.36. The van der Waals surface area contributed by atoms with Crippen LogP contribution < -0.4 is 4.90 Å². The van der Waals surface area contributed by atoms with E-state index in [0.717, 1.165) is 23.6 Å². The summed E-state index contributed by atoms with van der Waals surface area (Å²) in [6.07, 6.45) is 0.893. The third-order valence-electron chi connectivity index (χ3n) is 5.60. The molecule has 0 aliphatic carbocycles. The average Bonchev–Trinajstić information content (AvgIpc) is 2.97. The molecule has 1 amide bonds. The van der Waals surface area contributed by atoms with Gasteiger partial charge in [-0.1, -0.05) is 30.3 Å². The summed E-state index contributed by atoms with van der Waals surface area (Å²) in [5.74, 6) is 0.870. The Hall–Kier alpha value is -1.87. The number of carbonyl (C=O) groups is 1. The summed E-state index contributed by atoms with van der Waals surface area (Å²) in [6.45, 7) is 5.33. The second-order valence-electron chi connectivity index (χ2n) is 7.67. The van der Waals surface area contributed by atoms with Crippen LogP contribution in [-0.2, 0) is 21.4 Å². The second-order valence-corrected chi connectivity index (χ2v) is 10.7. The maximum Gasteiger partial charge on any atom is 0.243 e. The molecule has 2 aromatic carbocycles. The van der Waals surface area contributed by atoms with E-state index in [9.17, 15) is 13.2 Å². The Kier molecular flexibility index (Phi) is 6.48. The number of carbonyl (C=O) groups excluding carboxylic acids is 1.